The van der Waals surface area contributed by atoms with E-state index >= 15 is 0 Å². The van der Waals surface area contributed by atoms with Gasteiger partial charge in [-0.1, -0.05) is 42.5 Å². The van der Waals surface area contributed by atoms with Crippen LogP contribution >= 0.6 is 0 Å². The number of pyridine rings is 1. The summed E-state index contributed by atoms with van der Waals surface area (Å²) in [5, 5.41) is 10.5. The van der Waals surface area contributed by atoms with Gasteiger partial charge in [0.25, 0.3) is 5.56 Å². The summed E-state index contributed by atoms with van der Waals surface area (Å²) >= 11 is 0. The van der Waals surface area contributed by atoms with E-state index in [4.69, 9.17) is 0 Å². The predicted molar refractivity (Wildman–Crippen MR) is 95.0 cm³/mol. The lowest BCUT2D eigenvalue weighted by Gasteiger charge is -2.35. The molecule has 0 aliphatic heterocycles. The van der Waals surface area contributed by atoms with E-state index < -0.39 is 0 Å². The van der Waals surface area contributed by atoms with Gasteiger partial charge in [-0.2, -0.15) is 5.26 Å². The molecule has 0 saturated heterocycles. The molecular formula is C21H18N2O. The number of nitrogens with one attached hydrogen (secondary N) is 1. The van der Waals surface area contributed by atoms with Crippen molar-refractivity contribution < 1.29 is 0 Å². The van der Waals surface area contributed by atoms with Gasteiger partial charge in [0, 0.05) is 17.5 Å². The first kappa shape index (κ1) is 14.7. The Morgan fingerprint density at radius 3 is 2.50 bits per heavy atom. The molecule has 2 aromatic carbocycles. The van der Waals surface area contributed by atoms with Gasteiger partial charge in [0.1, 0.15) is 0 Å². The van der Waals surface area contributed by atoms with Crippen molar-refractivity contribution in [1.29, 1.82) is 5.26 Å². The molecule has 1 aliphatic carbocycles. The SMILES string of the molecule is N#CC1(c2ccc(Cc3cc4ccccc4[nH]c3=O)cc2)CCC1. The van der Waals surface area contributed by atoms with Crippen LogP contribution in [0.2, 0.25) is 0 Å². The summed E-state index contributed by atoms with van der Waals surface area (Å²) < 4.78 is 0. The maximum atomic E-state index is 12.3. The van der Waals surface area contributed by atoms with Crippen molar-refractivity contribution in [2.75, 3.05) is 0 Å². The highest BCUT2D eigenvalue weighted by molar-refractivity contribution is 5.78. The summed E-state index contributed by atoms with van der Waals surface area (Å²) in [5.41, 5.74) is 3.51. The Labute approximate surface area is 140 Å². The van der Waals surface area contributed by atoms with Gasteiger partial charge in [0.05, 0.1) is 11.5 Å². The number of fused-ring (bicyclic) bond motifs is 1. The predicted octanol–water partition coefficient (Wildman–Crippen LogP) is 4.06. The summed E-state index contributed by atoms with van der Waals surface area (Å²) in [7, 11) is 0. The molecule has 3 nitrogen and oxygen atoms in total. The van der Waals surface area contributed by atoms with Crippen LogP contribution in [0.25, 0.3) is 10.9 Å². The molecule has 0 bridgehead atoms. The Bertz CT molecular complexity index is 989. The number of H-pyrrole nitrogens is 1. The smallest absolute Gasteiger partial charge is 0.251 e. The third kappa shape index (κ3) is 2.41. The molecule has 1 fully saturated rings. The van der Waals surface area contributed by atoms with Crippen LogP contribution in [0.1, 0.15) is 36.0 Å². The van der Waals surface area contributed by atoms with Crippen molar-refractivity contribution in [2.45, 2.75) is 31.1 Å². The Hall–Kier alpha value is -2.86. The van der Waals surface area contributed by atoms with E-state index in [-0.39, 0.29) is 11.0 Å². The summed E-state index contributed by atoms with van der Waals surface area (Å²) in [6.45, 7) is 0. The molecule has 118 valence electrons. The highest BCUT2D eigenvalue weighted by Gasteiger charge is 2.38. The van der Waals surface area contributed by atoms with Crippen LogP contribution < -0.4 is 5.56 Å². The monoisotopic (exact) mass is 314 g/mol. The van der Waals surface area contributed by atoms with Crippen molar-refractivity contribution in [1.82, 2.24) is 4.98 Å². The van der Waals surface area contributed by atoms with Crippen LogP contribution in [0.15, 0.2) is 59.4 Å². The van der Waals surface area contributed by atoms with Gasteiger partial charge in [-0.3, -0.25) is 4.79 Å². The normalized spacial score (nSPS) is 15.6. The number of nitriles is 1. The molecule has 1 N–H and O–H groups in total. The fraction of sp³-hybridized carbons (Fsp3) is 0.238. The number of aromatic nitrogens is 1. The Morgan fingerprint density at radius 2 is 1.83 bits per heavy atom. The Morgan fingerprint density at radius 1 is 1.08 bits per heavy atom. The lowest BCUT2D eigenvalue weighted by Crippen LogP contribution is -2.32. The highest BCUT2D eigenvalue weighted by atomic mass is 16.1. The van der Waals surface area contributed by atoms with Crippen molar-refractivity contribution in [3.63, 3.8) is 0 Å². The molecule has 1 aliphatic rings. The molecular weight excluding hydrogens is 296 g/mol. The fourth-order valence-corrected chi connectivity index (χ4v) is 3.48. The third-order valence-electron chi connectivity index (χ3n) is 5.15. The van der Waals surface area contributed by atoms with Gasteiger partial charge in [0.2, 0.25) is 0 Å². The number of para-hydroxylation sites is 1. The van der Waals surface area contributed by atoms with E-state index in [1.807, 2.05) is 54.6 Å². The first-order chi connectivity index (χ1) is 11.7. The molecule has 0 spiro atoms. The number of nitrogens with zero attached hydrogens (tertiary/aromatic N) is 1. The van der Waals surface area contributed by atoms with Crippen molar-refractivity contribution >= 4 is 10.9 Å². The van der Waals surface area contributed by atoms with Crippen LogP contribution in [0.3, 0.4) is 0 Å². The molecule has 1 saturated carbocycles. The third-order valence-corrected chi connectivity index (χ3v) is 5.15. The van der Waals surface area contributed by atoms with E-state index in [9.17, 15) is 10.1 Å². The maximum absolute atomic E-state index is 12.3. The summed E-state index contributed by atoms with van der Waals surface area (Å²) in [4.78, 5) is 15.2. The lowest BCUT2D eigenvalue weighted by atomic mass is 9.65. The quantitative estimate of drug-likeness (QED) is 0.792. The Kier molecular flexibility index (Phi) is 3.46. The molecule has 0 amide bonds. The van der Waals surface area contributed by atoms with Crippen LogP contribution in [0, 0.1) is 11.3 Å². The average Bonchev–Trinajstić information content (AvgIpc) is 2.56. The number of hydrogen-bond acceptors (Lipinski definition) is 2. The second-order valence-electron chi connectivity index (χ2n) is 6.63. The van der Waals surface area contributed by atoms with Crippen molar-refractivity contribution in [3.05, 3.63) is 81.6 Å². The van der Waals surface area contributed by atoms with Gasteiger partial charge in [-0.05, 0) is 47.9 Å². The Balaban J connectivity index is 1.63. The average molecular weight is 314 g/mol. The topological polar surface area (TPSA) is 56.6 Å². The summed E-state index contributed by atoms with van der Waals surface area (Å²) in [6.07, 6.45) is 3.63. The zero-order valence-electron chi connectivity index (χ0n) is 13.4. The lowest BCUT2D eigenvalue weighted by molar-refractivity contribution is 0.324. The second-order valence-corrected chi connectivity index (χ2v) is 6.63. The molecule has 0 atom stereocenters. The van der Waals surface area contributed by atoms with E-state index in [0.717, 1.165) is 46.9 Å². The zero-order chi connectivity index (χ0) is 16.6. The molecule has 0 unspecified atom stereocenters. The van der Waals surface area contributed by atoms with E-state index in [1.165, 1.54) is 0 Å². The van der Waals surface area contributed by atoms with Crippen LogP contribution in [0.4, 0.5) is 0 Å². The number of rotatable bonds is 3. The van der Waals surface area contributed by atoms with Crippen LogP contribution in [0.5, 0.6) is 0 Å². The van der Waals surface area contributed by atoms with Gasteiger partial charge in [0.15, 0.2) is 0 Å². The minimum atomic E-state index is -0.279. The van der Waals surface area contributed by atoms with Gasteiger partial charge in [-0.15, -0.1) is 0 Å². The van der Waals surface area contributed by atoms with E-state index in [2.05, 4.69) is 11.1 Å². The van der Waals surface area contributed by atoms with Gasteiger partial charge >= 0.3 is 0 Å². The molecule has 4 rings (SSSR count). The first-order valence-corrected chi connectivity index (χ1v) is 8.32. The van der Waals surface area contributed by atoms with Gasteiger partial charge < -0.3 is 4.98 Å². The van der Waals surface area contributed by atoms with E-state index in [0.29, 0.717) is 6.42 Å². The zero-order valence-corrected chi connectivity index (χ0v) is 13.4. The largest absolute Gasteiger partial charge is 0.322 e. The van der Waals surface area contributed by atoms with Gasteiger partial charge in [-0.25, -0.2) is 0 Å². The molecule has 24 heavy (non-hydrogen) atoms. The van der Waals surface area contributed by atoms with E-state index in [1.54, 1.807) is 0 Å². The molecule has 1 heterocycles. The summed E-state index contributed by atoms with van der Waals surface area (Å²) in [5.74, 6) is 0. The summed E-state index contributed by atoms with van der Waals surface area (Å²) in [6, 6.07) is 20.4. The number of aromatic amines is 1. The highest BCUT2D eigenvalue weighted by Crippen LogP contribution is 2.43. The molecule has 0 radical (unpaired) electrons. The van der Waals surface area contributed by atoms with Crippen molar-refractivity contribution in [3.8, 4) is 6.07 Å². The number of hydrogen-bond donors (Lipinski definition) is 1. The van der Waals surface area contributed by atoms with Crippen LogP contribution in [-0.4, -0.2) is 4.98 Å². The second kappa shape index (κ2) is 5.65. The fourth-order valence-electron chi connectivity index (χ4n) is 3.48. The van der Waals surface area contributed by atoms with Crippen molar-refractivity contribution in [2.24, 2.45) is 0 Å². The van der Waals surface area contributed by atoms with Crippen LogP contribution in [-0.2, 0) is 11.8 Å². The minimum Gasteiger partial charge on any atom is -0.322 e. The first-order valence-electron chi connectivity index (χ1n) is 8.32. The maximum Gasteiger partial charge on any atom is 0.251 e. The molecule has 1 aromatic heterocycles. The molecule has 3 aromatic rings. The standard InChI is InChI=1S/C21H18N2O/c22-14-21(10-3-11-21)18-8-6-15(7-9-18)12-17-13-16-4-1-2-5-19(16)23-20(17)24/h1-2,4-9,13H,3,10-12H2,(H,23,24). The molecule has 3 heteroatoms. The minimum absolute atomic E-state index is 0.0368. The number of benzene rings is 2.